The molecule has 0 radical (unpaired) electrons. The summed E-state index contributed by atoms with van der Waals surface area (Å²) in [6.07, 6.45) is 5.04. The normalized spacial score (nSPS) is 19.2. The van der Waals surface area contributed by atoms with Gasteiger partial charge in [0.1, 0.15) is 36.4 Å². The van der Waals surface area contributed by atoms with E-state index in [1.54, 1.807) is 6.20 Å². The molecule has 1 fully saturated rings. The number of halogens is 1. The van der Waals surface area contributed by atoms with Crippen molar-refractivity contribution in [2.45, 2.75) is 32.1 Å². The fraction of sp³-hybridized carbons (Fsp3) is 0.286. The first-order chi connectivity index (χ1) is 14.1. The van der Waals surface area contributed by atoms with Crippen LogP contribution in [-0.4, -0.2) is 32.2 Å². The van der Waals surface area contributed by atoms with Gasteiger partial charge < -0.3 is 19.8 Å². The molecule has 4 aromatic rings. The minimum atomic E-state index is -0.0778. The molecule has 8 heteroatoms. The van der Waals surface area contributed by atoms with Gasteiger partial charge in [0.05, 0.1) is 17.0 Å². The quantitative estimate of drug-likeness (QED) is 0.492. The lowest BCUT2D eigenvalue weighted by Crippen LogP contribution is -2.19. The van der Waals surface area contributed by atoms with Gasteiger partial charge >= 0.3 is 0 Å². The Morgan fingerprint density at radius 3 is 3.00 bits per heavy atom. The van der Waals surface area contributed by atoms with E-state index in [2.05, 4.69) is 35.4 Å². The van der Waals surface area contributed by atoms with E-state index < -0.39 is 0 Å². The molecule has 1 aliphatic heterocycles. The van der Waals surface area contributed by atoms with Crippen LogP contribution in [0.1, 0.15) is 24.8 Å². The lowest BCUT2D eigenvalue weighted by Gasteiger charge is -2.18. The Morgan fingerprint density at radius 1 is 1.21 bits per heavy atom. The van der Waals surface area contributed by atoms with Crippen molar-refractivity contribution in [3.05, 3.63) is 53.0 Å². The Kier molecular flexibility index (Phi) is 4.60. The second-order valence-corrected chi connectivity index (χ2v) is 8.18. The number of hydrogen-bond donors (Lipinski definition) is 1. The van der Waals surface area contributed by atoms with Crippen molar-refractivity contribution in [1.82, 2.24) is 19.5 Å². The number of nitrogens with two attached hydrogens (primary N) is 1. The Bertz CT molecular complexity index is 1210. The van der Waals surface area contributed by atoms with Gasteiger partial charge in [-0.3, -0.25) is 4.98 Å². The van der Waals surface area contributed by atoms with Crippen molar-refractivity contribution in [2.24, 2.45) is 0 Å². The third-order valence-electron chi connectivity index (χ3n) is 5.29. The average Bonchev–Trinajstić information content (AvgIpc) is 3.30. The van der Waals surface area contributed by atoms with E-state index in [1.165, 1.54) is 6.33 Å². The summed E-state index contributed by atoms with van der Waals surface area (Å²) in [6, 6.07) is 9.99. The zero-order valence-electron chi connectivity index (χ0n) is 15.9. The van der Waals surface area contributed by atoms with E-state index in [1.807, 2.05) is 37.3 Å². The second-order valence-electron chi connectivity index (χ2n) is 7.26. The highest BCUT2D eigenvalue weighted by atomic mass is 79.9. The second kappa shape index (κ2) is 7.27. The molecule has 0 bridgehead atoms. The van der Waals surface area contributed by atoms with Crippen molar-refractivity contribution in [2.75, 3.05) is 12.3 Å². The fourth-order valence-corrected chi connectivity index (χ4v) is 4.24. The Morgan fingerprint density at radius 2 is 2.10 bits per heavy atom. The maximum Gasteiger partial charge on any atom is 0.147 e. The van der Waals surface area contributed by atoms with Gasteiger partial charge in [0, 0.05) is 27.8 Å². The van der Waals surface area contributed by atoms with E-state index in [0.717, 1.165) is 50.7 Å². The molecular weight excluding hydrogens is 434 g/mol. The van der Waals surface area contributed by atoms with Gasteiger partial charge in [-0.05, 0) is 60.0 Å². The number of fused-ring (bicyclic) bond motifs is 2. The summed E-state index contributed by atoms with van der Waals surface area (Å²) < 4.78 is 15.3. The van der Waals surface area contributed by atoms with Gasteiger partial charge in [-0.25, -0.2) is 9.97 Å². The SMILES string of the molecule is Cc1cc2c(N)ncnc2n1C1CCC(COc2ccc3cc(Br)cnc3c2)O1. The van der Waals surface area contributed by atoms with Crippen molar-refractivity contribution in [3.8, 4) is 5.75 Å². The van der Waals surface area contributed by atoms with Crippen molar-refractivity contribution >= 4 is 43.7 Å². The minimum absolute atomic E-state index is 0.0182. The summed E-state index contributed by atoms with van der Waals surface area (Å²) >= 11 is 3.45. The zero-order chi connectivity index (χ0) is 20.0. The largest absolute Gasteiger partial charge is 0.491 e. The summed E-state index contributed by atoms with van der Waals surface area (Å²) in [5.74, 6) is 1.29. The lowest BCUT2D eigenvalue weighted by molar-refractivity contribution is -0.0164. The Balaban J connectivity index is 1.29. The fourth-order valence-electron chi connectivity index (χ4n) is 3.89. The summed E-state index contributed by atoms with van der Waals surface area (Å²) in [5.41, 5.74) is 8.77. The first-order valence-corrected chi connectivity index (χ1v) is 10.3. The Labute approximate surface area is 176 Å². The van der Waals surface area contributed by atoms with Gasteiger partial charge in [-0.1, -0.05) is 0 Å². The van der Waals surface area contributed by atoms with Crippen molar-refractivity contribution in [3.63, 3.8) is 0 Å². The monoisotopic (exact) mass is 453 g/mol. The molecule has 7 nitrogen and oxygen atoms in total. The number of pyridine rings is 1. The van der Waals surface area contributed by atoms with E-state index in [4.69, 9.17) is 15.2 Å². The predicted octanol–water partition coefficient (Wildman–Crippen LogP) is 4.39. The van der Waals surface area contributed by atoms with Crippen LogP contribution in [0.4, 0.5) is 5.82 Å². The van der Waals surface area contributed by atoms with E-state index in [-0.39, 0.29) is 12.3 Å². The lowest BCUT2D eigenvalue weighted by atomic mass is 10.2. The molecule has 2 unspecified atom stereocenters. The number of nitrogen functional groups attached to an aromatic ring is 1. The molecule has 29 heavy (non-hydrogen) atoms. The maximum absolute atomic E-state index is 6.27. The van der Waals surface area contributed by atoms with E-state index in [0.29, 0.717) is 12.4 Å². The third-order valence-corrected chi connectivity index (χ3v) is 5.72. The molecule has 2 N–H and O–H groups in total. The predicted molar refractivity (Wildman–Crippen MR) is 115 cm³/mol. The highest BCUT2D eigenvalue weighted by molar-refractivity contribution is 9.10. The number of aromatic nitrogens is 4. The molecule has 0 aliphatic carbocycles. The number of ether oxygens (including phenoxy) is 2. The van der Waals surface area contributed by atoms with Crippen LogP contribution in [0.5, 0.6) is 5.75 Å². The maximum atomic E-state index is 6.27. The summed E-state index contributed by atoms with van der Waals surface area (Å²) in [5, 5.41) is 1.93. The van der Waals surface area contributed by atoms with Crippen LogP contribution >= 0.6 is 15.9 Å². The van der Waals surface area contributed by atoms with Gasteiger partial charge in [0.2, 0.25) is 0 Å². The van der Waals surface area contributed by atoms with Gasteiger partial charge in [0.25, 0.3) is 0 Å². The van der Waals surface area contributed by atoms with Gasteiger partial charge in [0.15, 0.2) is 0 Å². The van der Waals surface area contributed by atoms with Gasteiger partial charge in [-0.2, -0.15) is 0 Å². The zero-order valence-corrected chi connectivity index (χ0v) is 17.5. The van der Waals surface area contributed by atoms with Crippen molar-refractivity contribution < 1.29 is 9.47 Å². The van der Waals surface area contributed by atoms with Crippen LogP contribution < -0.4 is 10.5 Å². The first-order valence-electron chi connectivity index (χ1n) is 9.50. The number of aryl methyl sites for hydroxylation is 1. The van der Waals surface area contributed by atoms with Crippen molar-refractivity contribution in [1.29, 1.82) is 0 Å². The number of nitrogens with zero attached hydrogens (tertiary/aromatic N) is 4. The number of hydrogen-bond acceptors (Lipinski definition) is 6. The molecule has 1 aliphatic rings. The molecule has 0 spiro atoms. The molecule has 5 rings (SSSR count). The summed E-state index contributed by atoms with van der Waals surface area (Å²) in [4.78, 5) is 12.9. The average molecular weight is 454 g/mol. The first kappa shape index (κ1) is 18.3. The summed E-state index contributed by atoms with van der Waals surface area (Å²) in [6.45, 7) is 2.53. The molecule has 4 heterocycles. The molecule has 2 atom stereocenters. The molecule has 0 amide bonds. The number of rotatable bonds is 4. The van der Waals surface area contributed by atoms with Crippen LogP contribution in [0.2, 0.25) is 0 Å². The topological polar surface area (TPSA) is 88.1 Å². The third kappa shape index (κ3) is 3.42. The smallest absolute Gasteiger partial charge is 0.147 e. The highest BCUT2D eigenvalue weighted by Crippen LogP contribution is 2.34. The molecule has 0 saturated carbocycles. The molecular formula is C21H20BrN5O2. The highest BCUT2D eigenvalue weighted by Gasteiger charge is 2.29. The standard InChI is InChI=1S/C21H20BrN5O2/c1-12-6-17-20(23)25-11-26-21(17)27(12)19-5-4-16(29-19)10-28-15-3-2-13-7-14(22)9-24-18(13)8-15/h2-3,6-9,11,16,19H,4-5,10H2,1H3,(H2,23,25,26). The van der Waals surface area contributed by atoms with Crippen LogP contribution in [0.3, 0.4) is 0 Å². The van der Waals surface area contributed by atoms with Crippen LogP contribution in [-0.2, 0) is 4.74 Å². The van der Waals surface area contributed by atoms with Gasteiger partial charge in [-0.15, -0.1) is 0 Å². The Hall–Kier alpha value is -2.71. The van der Waals surface area contributed by atoms with Crippen LogP contribution in [0.25, 0.3) is 21.9 Å². The molecule has 3 aromatic heterocycles. The van der Waals surface area contributed by atoms with Crippen LogP contribution in [0.15, 0.2) is 47.3 Å². The number of anilines is 1. The molecule has 1 aromatic carbocycles. The minimum Gasteiger partial charge on any atom is -0.491 e. The molecule has 1 saturated heterocycles. The van der Waals surface area contributed by atoms with E-state index >= 15 is 0 Å². The number of benzene rings is 1. The van der Waals surface area contributed by atoms with Crippen LogP contribution in [0, 0.1) is 6.92 Å². The molecule has 148 valence electrons. The summed E-state index contributed by atoms with van der Waals surface area (Å²) in [7, 11) is 0. The van der Waals surface area contributed by atoms with E-state index in [9.17, 15) is 0 Å².